The van der Waals surface area contributed by atoms with Crippen molar-refractivity contribution in [2.24, 2.45) is 0 Å². The Morgan fingerprint density at radius 2 is 1.23 bits per heavy atom. The highest BCUT2D eigenvalue weighted by Gasteiger charge is 2.51. The molecule has 22 heavy (non-hydrogen) atoms. The summed E-state index contributed by atoms with van der Waals surface area (Å²) in [5.74, 6) is 0. The largest absolute Gasteiger partial charge is 0.319 e. The lowest BCUT2D eigenvalue weighted by atomic mass is 9.80. The van der Waals surface area contributed by atoms with Crippen LogP contribution in [0.15, 0.2) is 0 Å². The lowest BCUT2D eigenvalue weighted by Crippen LogP contribution is -2.73. The number of nitrogens with zero attached hydrogens (tertiary/aromatic N) is 2. The predicted molar refractivity (Wildman–Crippen MR) is 95.0 cm³/mol. The van der Waals surface area contributed by atoms with Crippen molar-refractivity contribution in [3.63, 3.8) is 0 Å². The quantitative estimate of drug-likeness (QED) is 0.751. The molecule has 0 saturated carbocycles. The molecule has 4 nitrogen and oxygen atoms in total. The Bertz CT molecular complexity index is 363. The SMILES string of the molecule is CC[N+]1(C(C)(C)CC(C)(C)[N+]2(C)CCNCC2)CCNCC1. The monoisotopic (exact) mass is 312 g/mol. The molecule has 0 aromatic carbocycles. The molecule has 2 saturated heterocycles. The van der Waals surface area contributed by atoms with Gasteiger partial charge in [-0.05, 0) is 34.6 Å². The first-order chi connectivity index (χ1) is 10.2. The zero-order valence-electron chi connectivity index (χ0n) is 16.0. The number of quaternary nitrogens is 2. The first kappa shape index (κ1) is 18.2. The molecule has 2 fully saturated rings. The Kier molecular flexibility index (Phi) is 5.28. The molecule has 0 unspecified atom stereocenters. The van der Waals surface area contributed by atoms with Gasteiger partial charge in [-0.15, -0.1) is 0 Å². The fourth-order valence-corrected chi connectivity index (χ4v) is 5.08. The maximum Gasteiger partial charge on any atom is 0.0996 e. The highest BCUT2D eigenvalue weighted by Crippen LogP contribution is 2.38. The topological polar surface area (TPSA) is 24.1 Å². The lowest BCUT2D eigenvalue weighted by molar-refractivity contribution is -0.990. The van der Waals surface area contributed by atoms with Gasteiger partial charge in [-0.3, -0.25) is 0 Å². The summed E-state index contributed by atoms with van der Waals surface area (Å²) >= 11 is 0. The molecule has 0 aromatic heterocycles. The van der Waals surface area contributed by atoms with Crippen LogP contribution >= 0.6 is 0 Å². The van der Waals surface area contributed by atoms with Crippen LogP contribution in [-0.2, 0) is 0 Å². The number of piperazine rings is 2. The van der Waals surface area contributed by atoms with Crippen LogP contribution in [0.25, 0.3) is 0 Å². The van der Waals surface area contributed by atoms with Gasteiger partial charge in [-0.25, -0.2) is 0 Å². The Hall–Kier alpha value is -0.160. The van der Waals surface area contributed by atoms with Crippen LogP contribution in [0.2, 0.25) is 0 Å². The number of likely N-dealkylation sites (N-methyl/N-ethyl adjacent to an activating group) is 2. The minimum Gasteiger partial charge on any atom is -0.319 e. The van der Waals surface area contributed by atoms with Gasteiger partial charge in [0.05, 0.1) is 57.3 Å². The molecular weight excluding hydrogens is 272 g/mol. The van der Waals surface area contributed by atoms with Gasteiger partial charge in [0, 0.05) is 26.2 Å². The normalized spacial score (nSPS) is 25.9. The van der Waals surface area contributed by atoms with Gasteiger partial charge in [0.25, 0.3) is 0 Å². The molecule has 0 aliphatic carbocycles. The van der Waals surface area contributed by atoms with E-state index in [1.54, 1.807) is 0 Å². The molecule has 2 heterocycles. The van der Waals surface area contributed by atoms with Crippen molar-refractivity contribution in [1.29, 1.82) is 0 Å². The van der Waals surface area contributed by atoms with Crippen molar-refractivity contribution in [2.75, 3.05) is 66.0 Å². The van der Waals surface area contributed by atoms with Crippen molar-refractivity contribution in [1.82, 2.24) is 10.6 Å². The van der Waals surface area contributed by atoms with Gasteiger partial charge >= 0.3 is 0 Å². The molecule has 0 spiro atoms. The molecule has 130 valence electrons. The summed E-state index contributed by atoms with van der Waals surface area (Å²) in [6.07, 6.45) is 1.30. The van der Waals surface area contributed by atoms with Crippen LogP contribution in [0.1, 0.15) is 41.0 Å². The van der Waals surface area contributed by atoms with E-state index in [0.29, 0.717) is 11.1 Å². The van der Waals surface area contributed by atoms with E-state index in [9.17, 15) is 0 Å². The minimum absolute atomic E-state index is 0.330. The Morgan fingerprint density at radius 3 is 1.68 bits per heavy atom. The molecule has 0 radical (unpaired) electrons. The van der Waals surface area contributed by atoms with E-state index in [0.717, 1.165) is 13.1 Å². The van der Waals surface area contributed by atoms with E-state index in [4.69, 9.17) is 0 Å². The van der Waals surface area contributed by atoms with Gasteiger partial charge < -0.3 is 19.6 Å². The van der Waals surface area contributed by atoms with Crippen molar-refractivity contribution < 1.29 is 8.97 Å². The molecule has 0 amide bonds. The molecule has 0 atom stereocenters. The summed E-state index contributed by atoms with van der Waals surface area (Å²) in [4.78, 5) is 0. The van der Waals surface area contributed by atoms with Crippen molar-refractivity contribution in [2.45, 2.75) is 52.1 Å². The lowest BCUT2D eigenvalue weighted by Gasteiger charge is -2.57. The third kappa shape index (κ3) is 3.21. The number of hydrogen-bond acceptors (Lipinski definition) is 2. The molecule has 4 heteroatoms. The van der Waals surface area contributed by atoms with Crippen LogP contribution in [0.3, 0.4) is 0 Å². The fraction of sp³-hybridized carbons (Fsp3) is 1.00. The summed E-state index contributed by atoms with van der Waals surface area (Å²) in [6.45, 7) is 23.5. The second kappa shape index (κ2) is 6.39. The van der Waals surface area contributed by atoms with Crippen LogP contribution in [0.4, 0.5) is 0 Å². The smallest absolute Gasteiger partial charge is 0.0996 e. The third-order valence-corrected chi connectivity index (χ3v) is 7.21. The second-order valence-electron chi connectivity index (χ2n) is 9.05. The van der Waals surface area contributed by atoms with Crippen LogP contribution in [-0.4, -0.2) is 86.0 Å². The van der Waals surface area contributed by atoms with E-state index in [1.807, 2.05) is 0 Å². The zero-order valence-corrected chi connectivity index (χ0v) is 16.0. The van der Waals surface area contributed by atoms with E-state index in [-0.39, 0.29) is 0 Å². The van der Waals surface area contributed by atoms with E-state index < -0.39 is 0 Å². The molecule has 2 N–H and O–H groups in total. The molecule has 2 aliphatic rings. The second-order valence-corrected chi connectivity index (χ2v) is 9.05. The minimum atomic E-state index is 0.330. The number of rotatable bonds is 5. The van der Waals surface area contributed by atoms with E-state index in [1.165, 1.54) is 61.2 Å². The molecule has 0 aromatic rings. The van der Waals surface area contributed by atoms with Gasteiger partial charge in [0.1, 0.15) is 0 Å². The Labute approximate surface area is 138 Å². The predicted octanol–water partition coefficient (Wildman–Crippen LogP) is 1.42. The molecule has 2 rings (SSSR count). The van der Waals surface area contributed by atoms with Crippen LogP contribution in [0, 0.1) is 0 Å². The first-order valence-corrected chi connectivity index (χ1v) is 9.30. The summed E-state index contributed by atoms with van der Waals surface area (Å²) in [5.41, 5.74) is 0.670. The highest BCUT2D eigenvalue weighted by molar-refractivity contribution is 4.85. The maximum atomic E-state index is 3.55. The summed E-state index contributed by atoms with van der Waals surface area (Å²) in [5, 5.41) is 7.08. The highest BCUT2D eigenvalue weighted by atomic mass is 15.4. The fourth-order valence-electron chi connectivity index (χ4n) is 5.08. The standard InChI is InChI=1S/C18H40N4/c1-7-22(14-10-20-11-15-22)18(4,5)16-17(2,3)21(6)12-8-19-9-13-21/h19-20H,7-16H2,1-6H3/q+2. The van der Waals surface area contributed by atoms with Gasteiger partial charge in [-0.2, -0.15) is 0 Å². The van der Waals surface area contributed by atoms with Crippen LogP contribution in [0.5, 0.6) is 0 Å². The van der Waals surface area contributed by atoms with Crippen molar-refractivity contribution in [3.05, 3.63) is 0 Å². The summed E-state index contributed by atoms with van der Waals surface area (Å²) in [7, 11) is 2.48. The van der Waals surface area contributed by atoms with E-state index in [2.05, 4.69) is 52.3 Å². The van der Waals surface area contributed by atoms with E-state index >= 15 is 0 Å². The summed E-state index contributed by atoms with van der Waals surface area (Å²) in [6, 6.07) is 0. The molecular formula is C18H40N4+2. The Balaban J connectivity index is 2.18. The average molecular weight is 313 g/mol. The van der Waals surface area contributed by atoms with Crippen LogP contribution < -0.4 is 10.6 Å². The first-order valence-electron chi connectivity index (χ1n) is 9.30. The van der Waals surface area contributed by atoms with Gasteiger partial charge in [0.2, 0.25) is 0 Å². The Morgan fingerprint density at radius 1 is 0.773 bits per heavy atom. The van der Waals surface area contributed by atoms with Crippen molar-refractivity contribution in [3.8, 4) is 0 Å². The number of hydrogen-bond donors (Lipinski definition) is 2. The maximum absolute atomic E-state index is 3.55. The molecule has 0 bridgehead atoms. The zero-order chi connectivity index (χ0) is 16.5. The molecule has 2 aliphatic heterocycles. The number of nitrogens with one attached hydrogen (secondary N) is 2. The third-order valence-electron chi connectivity index (χ3n) is 7.21. The van der Waals surface area contributed by atoms with Gasteiger partial charge in [-0.1, -0.05) is 0 Å². The summed E-state index contributed by atoms with van der Waals surface area (Å²) < 4.78 is 2.49. The van der Waals surface area contributed by atoms with Gasteiger partial charge in [0.15, 0.2) is 0 Å². The van der Waals surface area contributed by atoms with Crippen molar-refractivity contribution >= 4 is 0 Å². The average Bonchev–Trinajstić information content (AvgIpc) is 2.47.